The standard InChI is InChI=1S/C45H81N4O6S2/c1-6-9-11-13-15-17-19-21-23-25-27-31-41(51)54-36-38(55-42(52)32-28-26-24-22-20-18-16-14-12-10-7-2)34-47-35-39(48-46)37(4)43-45(5,57-44(56)53-8-3)49(43)33-29-30-40(49)50/h35,37-38,43H,6-34,36,46H2,1-5H3/q+1/b47-35?,48-39+. The van der Waals surface area contributed by atoms with Gasteiger partial charge in [0.2, 0.25) is 9.25 Å². The summed E-state index contributed by atoms with van der Waals surface area (Å²) >= 11 is 6.95. The van der Waals surface area contributed by atoms with Crippen LogP contribution in [-0.4, -0.2) is 82.0 Å². The van der Waals surface area contributed by atoms with Gasteiger partial charge in [0.05, 0.1) is 37.7 Å². The molecule has 1 spiro atoms. The second-order valence-electron chi connectivity index (χ2n) is 16.6. The van der Waals surface area contributed by atoms with Crippen LogP contribution in [0.3, 0.4) is 0 Å². The number of nitrogens with two attached hydrogens (primary N) is 1. The number of nitrogens with zero attached hydrogens (tertiary/aromatic N) is 3. The first-order chi connectivity index (χ1) is 27.6. The van der Waals surface area contributed by atoms with E-state index in [-0.39, 0.29) is 43.0 Å². The third kappa shape index (κ3) is 18.4. The molecule has 2 N–H and O–H groups in total. The van der Waals surface area contributed by atoms with Gasteiger partial charge in [0.15, 0.2) is 12.1 Å². The van der Waals surface area contributed by atoms with E-state index in [1.165, 1.54) is 114 Å². The minimum Gasteiger partial charge on any atom is -0.479 e. The fourth-order valence-corrected chi connectivity index (χ4v) is 10.7. The zero-order chi connectivity index (χ0) is 41.8. The summed E-state index contributed by atoms with van der Waals surface area (Å²) in [5.41, 5.74) is 0.545. The topological polar surface area (TPSA) is 130 Å². The van der Waals surface area contributed by atoms with Gasteiger partial charge in [-0.1, -0.05) is 149 Å². The lowest BCUT2D eigenvalue weighted by molar-refractivity contribution is -0.744. The van der Waals surface area contributed by atoms with Crippen molar-refractivity contribution >= 4 is 58.1 Å². The van der Waals surface area contributed by atoms with E-state index in [1.54, 1.807) is 6.21 Å². The van der Waals surface area contributed by atoms with Gasteiger partial charge >= 0.3 is 17.8 Å². The van der Waals surface area contributed by atoms with E-state index in [1.807, 2.05) is 13.8 Å². The first-order valence-electron chi connectivity index (χ1n) is 23.0. The molecule has 2 aliphatic rings. The normalized spacial score (nSPS) is 21.6. The molecule has 2 rings (SSSR count). The van der Waals surface area contributed by atoms with E-state index >= 15 is 0 Å². The highest BCUT2D eigenvalue weighted by Gasteiger charge is 2.83. The summed E-state index contributed by atoms with van der Waals surface area (Å²) in [6.45, 7) is 11.7. The van der Waals surface area contributed by atoms with Gasteiger partial charge in [-0.15, -0.1) is 0 Å². The largest absolute Gasteiger partial charge is 0.479 e. The van der Waals surface area contributed by atoms with Crippen molar-refractivity contribution in [2.45, 2.75) is 219 Å². The van der Waals surface area contributed by atoms with Gasteiger partial charge in [-0.2, -0.15) is 5.10 Å². The van der Waals surface area contributed by atoms with E-state index in [0.29, 0.717) is 40.4 Å². The number of rotatable bonds is 34. The van der Waals surface area contributed by atoms with E-state index in [9.17, 15) is 14.4 Å². The van der Waals surface area contributed by atoms with Gasteiger partial charge < -0.3 is 20.1 Å². The maximum atomic E-state index is 13.3. The van der Waals surface area contributed by atoms with Crippen molar-refractivity contribution in [3.05, 3.63) is 0 Å². The summed E-state index contributed by atoms with van der Waals surface area (Å²) in [5.74, 6) is 5.35. The Labute approximate surface area is 356 Å². The van der Waals surface area contributed by atoms with Gasteiger partial charge in [0.1, 0.15) is 6.61 Å². The van der Waals surface area contributed by atoms with Crippen LogP contribution in [0.2, 0.25) is 0 Å². The van der Waals surface area contributed by atoms with Crippen molar-refractivity contribution < 1.29 is 33.1 Å². The van der Waals surface area contributed by atoms with Crippen LogP contribution < -0.4 is 5.84 Å². The van der Waals surface area contributed by atoms with E-state index < -0.39 is 11.0 Å². The summed E-state index contributed by atoms with van der Waals surface area (Å²) in [7, 11) is 0. The van der Waals surface area contributed by atoms with Crippen molar-refractivity contribution in [3.63, 3.8) is 0 Å². The van der Waals surface area contributed by atoms with Crippen LogP contribution in [0.5, 0.6) is 0 Å². The number of amides is 1. The van der Waals surface area contributed by atoms with E-state index in [4.69, 9.17) is 32.3 Å². The molecule has 328 valence electrons. The number of hydrogen-bond acceptors (Lipinski definition) is 11. The molecule has 0 aliphatic carbocycles. The van der Waals surface area contributed by atoms with Crippen molar-refractivity contribution in [2.75, 3.05) is 26.3 Å². The van der Waals surface area contributed by atoms with Crippen molar-refractivity contribution in [3.8, 4) is 0 Å². The number of aliphatic imine (C=N–C) groups is 1. The molecular formula is C45H81N4O6S2+. The molecule has 0 aromatic carbocycles. The van der Waals surface area contributed by atoms with E-state index in [0.717, 1.165) is 51.5 Å². The van der Waals surface area contributed by atoms with Crippen LogP contribution in [0.1, 0.15) is 202 Å². The van der Waals surface area contributed by atoms with Crippen molar-refractivity contribution in [2.24, 2.45) is 21.9 Å². The number of esters is 2. The summed E-state index contributed by atoms with van der Waals surface area (Å²) in [4.78, 5) is 43.1. The minimum absolute atomic E-state index is 0.0520. The number of carbonyl (C=O) groups excluding carboxylic acids is 3. The predicted octanol–water partition coefficient (Wildman–Crippen LogP) is 11.2. The van der Waals surface area contributed by atoms with E-state index in [2.05, 4.69) is 30.9 Å². The highest BCUT2D eigenvalue weighted by Crippen LogP contribution is 2.63. The molecule has 5 atom stereocenters. The second-order valence-corrected chi connectivity index (χ2v) is 18.6. The molecule has 2 heterocycles. The number of thioether (sulfide) groups is 1. The number of unbranched alkanes of at least 4 members (excludes halogenated alkanes) is 20. The number of quaternary nitrogens is 1. The number of hydrazone groups is 1. The average molecular weight is 838 g/mol. The molecule has 10 nitrogen and oxygen atoms in total. The Kier molecular flexibility index (Phi) is 26.9. The molecule has 0 saturated carbocycles. The number of thiocarbonyl (C=S) groups is 1. The van der Waals surface area contributed by atoms with Crippen LogP contribution in [0, 0.1) is 5.92 Å². The Hall–Kier alpha value is -2.05. The molecular weight excluding hydrogens is 757 g/mol. The Bertz CT molecular complexity index is 1230. The zero-order valence-corrected chi connectivity index (χ0v) is 38.3. The molecule has 2 fully saturated rings. The number of hydrogen-bond donors (Lipinski definition) is 1. The summed E-state index contributed by atoms with van der Waals surface area (Å²) < 4.78 is 17.9. The summed E-state index contributed by atoms with van der Waals surface area (Å²) in [5, 5.41) is 4.09. The maximum absolute atomic E-state index is 13.3. The molecule has 2 saturated heterocycles. The zero-order valence-electron chi connectivity index (χ0n) is 36.7. The van der Waals surface area contributed by atoms with Crippen LogP contribution >= 0.6 is 24.0 Å². The quantitative estimate of drug-likeness (QED) is 0.00984. The Morgan fingerprint density at radius 1 is 0.825 bits per heavy atom. The van der Waals surface area contributed by atoms with Gasteiger partial charge in [-0.05, 0) is 43.7 Å². The van der Waals surface area contributed by atoms with Crippen molar-refractivity contribution in [1.29, 1.82) is 0 Å². The highest BCUT2D eigenvalue weighted by atomic mass is 32.2. The predicted molar refractivity (Wildman–Crippen MR) is 241 cm³/mol. The second kappa shape index (κ2) is 30.0. The Morgan fingerprint density at radius 2 is 1.32 bits per heavy atom. The molecule has 1 amide bonds. The Balaban J connectivity index is 1.91. The lowest BCUT2D eigenvalue weighted by atomic mass is 10.00. The molecule has 12 heteroatoms. The lowest BCUT2D eigenvalue weighted by Crippen LogP contribution is -2.37. The Morgan fingerprint density at radius 3 is 1.77 bits per heavy atom. The van der Waals surface area contributed by atoms with Gasteiger partial charge in [-0.25, -0.2) is 9.28 Å². The fourth-order valence-electron chi connectivity index (χ4n) is 8.68. The highest BCUT2D eigenvalue weighted by molar-refractivity contribution is 8.23. The number of carbonyl (C=O) groups is 3. The summed E-state index contributed by atoms with van der Waals surface area (Å²) in [6.07, 6.45) is 29.5. The molecule has 2 aliphatic heterocycles. The first-order valence-corrected chi connectivity index (χ1v) is 24.2. The monoisotopic (exact) mass is 838 g/mol. The molecule has 57 heavy (non-hydrogen) atoms. The molecule has 0 bridgehead atoms. The third-order valence-electron chi connectivity index (χ3n) is 12.0. The lowest BCUT2D eigenvalue weighted by Gasteiger charge is -2.17. The van der Waals surface area contributed by atoms with Crippen molar-refractivity contribution in [1.82, 2.24) is 0 Å². The SMILES string of the molecule is CCCCCCCCCCCCCC(=O)OCC(CN=C/C(=N\N)C(C)C1C(C)(SC(=S)OCC)[N+]12CCCC2=O)OC(=O)CCCCCCCCCCCCC. The molecule has 0 aromatic heterocycles. The average Bonchev–Trinajstić information content (AvgIpc) is 3.47. The molecule has 5 unspecified atom stereocenters. The first kappa shape index (κ1) is 51.1. The summed E-state index contributed by atoms with van der Waals surface area (Å²) in [6, 6.07) is -0.0967. The molecule has 0 radical (unpaired) electrons. The molecule has 0 aromatic rings. The maximum Gasteiger partial charge on any atom is 0.315 e. The third-order valence-corrected chi connectivity index (χ3v) is 13.6. The smallest absolute Gasteiger partial charge is 0.315 e. The van der Waals surface area contributed by atoms with Crippen LogP contribution in [0.4, 0.5) is 0 Å². The van der Waals surface area contributed by atoms with Crippen LogP contribution in [0.15, 0.2) is 10.1 Å². The van der Waals surface area contributed by atoms with Gasteiger partial charge in [-0.3, -0.25) is 14.6 Å². The van der Waals surface area contributed by atoms with Gasteiger partial charge in [0.25, 0.3) is 0 Å². The fraction of sp³-hybridized carbons (Fsp3) is 0.867. The van der Waals surface area contributed by atoms with Crippen LogP contribution in [0.25, 0.3) is 0 Å². The van der Waals surface area contributed by atoms with Crippen LogP contribution in [-0.2, 0) is 28.6 Å². The number of ether oxygens (including phenoxy) is 3. The van der Waals surface area contributed by atoms with Gasteiger partial charge in [0, 0.05) is 32.4 Å². The minimum atomic E-state index is -0.721.